The van der Waals surface area contributed by atoms with Gasteiger partial charge < -0.3 is 9.64 Å². The molecule has 1 saturated heterocycles. The molecule has 2 aromatic rings. The van der Waals surface area contributed by atoms with Gasteiger partial charge in [0.1, 0.15) is 11.8 Å². The number of amides is 1. The van der Waals surface area contributed by atoms with Crippen LogP contribution in [-0.4, -0.2) is 56.3 Å². The lowest BCUT2D eigenvalue weighted by molar-refractivity contribution is -0.134. The van der Waals surface area contributed by atoms with Gasteiger partial charge in [-0.25, -0.2) is 8.42 Å². The molecule has 7 nitrogen and oxygen atoms in total. The molecule has 28 heavy (non-hydrogen) atoms. The lowest BCUT2D eigenvalue weighted by atomic mass is 10.2. The van der Waals surface area contributed by atoms with E-state index in [1.54, 1.807) is 41.3 Å². The van der Waals surface area contributed by atoms with Gasteiger partial charge in [-0.2, -0.15) is 9.57 Å². The molecule has 0 aliphatic carbocycles. The molecule has 0 aromatic heterocycles. The minimum absolute atomic E-state index is 0.0145. The van der Waals surface area contributed by atoms with Crippen LogP contribution in [0, 0.1) is 11.3 Å². The number of nitriles is 1. The maximum Gasteiger partial charge on any atom is 0.260 e. The molecular weight excluding hydrogens is 402 g/mol. The minimum atomic E-state index is -3.79. The van der Waals surface area contributed by atoms with E-state index in [9.17, 15) is 13.2 Å². The molecule has 1 aliphatic rings. The molecule has 0 unspecified atom stereocenters. The summed E-state index contributed by atoms with van der Waals surface area (Å²) in [5.41, 5.74) is 0.106. The van der Waals surface area contributed by atoms with Gasteiger partial charge in [-0.05, 0) is 24.3 Å². The number of carbonyl (C=O) groups excluding carboxylic acids is 1. The monoisotopic (exact) mass is 419 g/mol. The number of carbonyl (C=O) groups is 1. The molecule has 3 rings (SSSR count). The summed E-state index contributed by atoms with van der Waals surface area (Å²) in [7, 11) is -3.79. The van der Waals surface area contributed by atoms with E-state index in [-0.39, 0.29) is 49.2 Å². The lowest BCUT2D eigenvalue weighted by Crippen LogP contribution is -2.51. The first-order chi connectivity index (χ1) is 13.4. The Morgan fingerprint density at radius 2 is 1.71 bits per heavy atom. The van der Waals surface area contributed by atoms with Gasteiger partial charge in [-0.3, -0.25) is 4.79 Å². The third-order valence-electron chi connectivity index (χ3n) is 4.40. The Hall–Kier alpha value is -2.60. The van der Waals surface area contributed by atoms with Crippen molar-refractivity contribution in [3.05, 3.63) is 59.1 Å². The van der Waals surface area contributed by atoms with E-state index >= 15 is 0 Å². The van der Waals surface area contributed by atoms with Gasteiger partial charge in [0.05, 0.1) is 15.5 Å². The summed E-state index contributed by atoms with van der Waals surface area (Å²) in [6, 6.07) is 14.9. The van der Waals surface area contributed by atoms with Crippen molar-refractivity contribution in [3.63, 3.8) is 0 Å². The van der Waals surface area contributed by atoms with Crippen LogP contribution in [0.15, 0.2) is 53.4 Å². The summed E-state index contributed by atoms with van der Waals surface area (Å²) in [6.07, 6.45) is 0. The number of rotatable bonds is 5. The highest BCUT2D eigenvalue weighted by molar-refractivity contribution is 7.89. The molecule has 0 N–H and O–H groups in total. The van der Waals surface area contributed by atoms with Crippen molar-refractivity contribution in [2.24, 2.45) is 0 Å². The third-order valence-corrected chi connectivity index (χ3v) is 6.67. The Balaban J connectivity index is 1.60. The van der Waals surface area contributed by atoms with Crippen molar-refractivity contribution in [3.8, 4) is 11.8 Å². The number of hydrogen-bond acceptors (Lipinski definition) is 5. The van der Waals surface area contributed by atoms with Gasteiger partial charge in [0, 0.05) is 26.2 Å². The topological polar surface area (TPSA) is 90.7 Å². The van der Waals surface area contributed by atoms with Crippen LogP contribution in [0.25, 0.3) is 0 Å². The van der Waals surface area contributed by atoms with Crippen molar-refractivity contribution in [2.45, 2.75) is 4.90 Å². The van der Waals surface area contributed by atoms with Gasteiger partial charge >= 0.3 is 0 Å². The van der Waals surface area contributed by atoms with Crippen molar-refractivity contribution in [2.75, 3.05) is 32.8 Å². The number of nitrogens with zero attached hydrogens (tertiary/aromatic N) is 3. The maximum atomic E-state index is 12.8. The van der Waals surface area contributed by atoms with Crippen LogP contribution in [0.2, 0.25) is 5.02 Å². The zero-order valence-electron chi connectivity index (χ0n) is 14.9. The van der Waals surface area contributed by atoms with Gasteiger partial charge in [-0.15, -0.1) is 0 Å². The van der Waals surface area contributed by atoms with Gasteiger partial charge in [0.25, 0.3) is 5.91 Å². The highest BCUT2D eigenvalue weighted by atomic mass is 35.5. The van der Waals surface area contributed by atoms with Crippen LogP contribution >= 0.6 is 11.6 Å². The van der Waals surface area contributed by atoms with Crippen molar-refractivity contribution >= 4 is 27.5 Å². The highest BCUT2D eigenvalue weighted by Crippen LogP contribution is 2.24. The predicted octanol–water partition coefficient (Wildman–Crippen LogP) is 2.12. The molecule has 146 valence electrons. The van der Waals surface area contributed by atoms with E-state index in [1.807, 2.05) is 6.07 Å². The van der Waals surface area contributed by atoms with Crippen LogP contribution in [0.3, 0.4) is 0 Å². The summed E-state index contributed by atoms with van der Waals surface area (Å²) < 4.78 is 32.4. The van der Waals surface area contributed by atoms with E-state index in [2.05, 4.69) is 0 Å². The van der Waals surface area contributed by atoms with Crippen LogP contribution in [0.1, 0.15) is 5.56 Å². The average Bonchev–Trinajstić information content (AvgIpc) is 2.73. The molecule has 1 amide bonds. The molecule has 0 spiro atoms. The highest BCUT2D eigenvalue weighted by Gasteiger charge is 2.31. The Bertz CT molecular complexity index is 1010. The minimum Gasteiger partial charge on any atom is -0.482 e. The van der Waals surface area contributed by atoms with Crippen LogP contribution in [0.4, 0.5) is 0 Å². The molecule has 2 aromatic carbocycles. The van der Waals surface area contributed by atoms with E-state index < -0.39 is 10.0 Å². The average molecular weight is 420 g/mol. The number of ether oxygens (including phenoxy) is 1. The Labute approximate surface area is 168 Å². The Morgan fingerprint density at radius 1 is 1.07 bits per heavy atom. The molecule has 0 bridgehead atoms. The fourth-order valence-electron chi connectivity index (χ4n) is 2.89. The van der Waals surface area contributed by atoms with E-state index in [1.165, 1.54) is 16.4 Å². The largest absolute Gasteiger partial charge is 0.482 e. The predicted molar refractivity (Wildman–Crippen MR) is 103 cm³/mol. The van der Waals surface area contributed by atoms with Crippen LogP contribution in [0.5, 0.6) is 5.75 Å². The third kappa shape index (κ3) is 4.28. The zero-order chi connectivity index (χ0) is 20.1. The normalized spacial score (nSPS) is 15.1. The first-order valence-corrected chi connectivity index (χ1v) is 10.4. The maximum absolute atomic E-state index is 12.8. The first-order valence-electron chi connectivity index (χ1n) is 8.58. The molecule has 0 atom stereocenters. The van der Waals surface area contributed by atoms with E-state index in [0.717, 1.165) is 0 Å². The quantitative estimate of drug-likeness (QED) is 0.740. The molecule has 9 heteroatoms. The molecule has 0 saturated carbocycles. The number of sulfonamides is 1. The van der Waals surface area contributed by atoms with Gasteiger partial charge in [-0.1, -0.05) is 35.9 Å². The second kappa shape index (κ2) is 8.61. The standard InChI is InChI=1S/C19H18ClN3O4S/c20-16-6-2-3-7-17(16)27-14-19(24)22-9-11-23(12-10-22)28(25,26)18-8-4-1-5-15(18)13-21/h1-8H,9-12,14H2. The Kier molecular flexibility index (Phi) is 6.19. The number of benzene rings is 2. The number of halogens is 1. The first kappa shape index (κ1) is 20.1. The van der Waals surface area contributed by atoms with Crippen molar-refractivity contribution in [1.29, 1.82) is 5.26 Å². The molecule has 0 radical (unpaired) electrons. The molecular formula is C19H18ClN3O4S. The van der Waals surface area contributed by atoms with Gasteiger partial charge in [0.2, 0.25) is 10.0 Å². The molecule has 1 fully saturated rings. The summed E-state index contributed by atoms with van der Waals surface area (Å²) in [5, 5.41) is 9.58. The van der Waals surface area contributed by atoms with Crippen LogP contribution < -0.4 is 4.74 Å². The van der Waals surface area contributed by atoms with E-state index in [0.29, 0.717) is 10.8 Å². The van der Waals surface area contributed by atoms with Crippen LogP contribution in [-0.2, 0) is 14.8 Å². The number of piperazine rings is 1. The summed E-state index contributed by atoms with van der Waals surface area (Å²) in [5.74, 6) is 0.182. The lowest BCUT2D eigenvalue weighted by Gasteiger charge is -2.34. The van der Waals surface area contributed by atoms with Crippen molar-refractivity contribution < 1.29 is 17.9 Å². The SMILES string of the molecule is N#Cc1ccccc1S(=O)(=O)N1CCN(C(=O)COc2ccccc2Cl)CC1. The summed E-state index contributed by atoms with van der Waals surface area (Å²) in [4.78, 5) is 13.9. The second-order valence-corrected chi connectivity index (χ2v) is 8.43. The number of para-hydroxylation sites is 1. The summed E-state index contributed by atoms with van der Waals surface area (Å²) >= 11 is 6.00. The zero-order valence-corrected chi connectivity index (χ0v) is 16.5. The smallest absolute Gasteiger partial charge is 0.260 e. The van der Waals surface area contributed by atoms with Crippen molar-refractivity contribution in [1.82, 2.24) is 9.21 Å². The molecule has 1 heterocycles. The Morgan fingerprint density at radius 3 is 2.39 bits per heavy atom. The van der Waals surface area contributed by atoms with E-state index in [4.69, 9.17) is 21.6 Å². The molecule has 1 aliphatic heterocycles. The van der Waals surface area contributed by atoms with Gasteiger partial charge in [0.15, 0.2) is 6.61 Å². The second-order valence-electron chi connectivity index (χ2n) is 6.11. The fourth-order valence-corrected chi connectivity index (χ4v) is 4.65. The number of hydrogen-bond donors (Lipinski definition) is 0. The summed E-state index contributed by atoms with van der Waals surface area (Å²) in [6.45, 7) is 0.630. The fraction of sp³-hybridized carbons (Fsp3) is 0.263.